The Morgan fingerprint density at radius 3 is 2.50 bits per heavy atom. The van der Waals surface area contributed by atoms with E-state index in [-0.39, 0.29) is 0 Å². The molecule has 1 aliphatic heterocycles. The average Bonchev–Trinajstić information content (AvgIpc) is 2.33. The first kappa shape index (κ1) is 11.8. The molecule has 16 heavy (non-hydrogen) atoms. The molecule has 0 radical (unpaired) electrons. The van der Waals surface area contributed by atoms with Gasteiger partial charge in [0.2, 0.25) is 0 Å². The third-order valence-electron chi connectivity index (χ3n) is 2.89. The van der Waals surface area contributed by atoms with Crippen molar-refractivity contribution in [3.63, 3.8) is 0 Å². The van der Waals surface area contributed by atoms with Gasteiger partial charge in [0.15, 0.2) is 0 Å². The maximum atomic E-state index is 5.44. The number of ether oxygens (including phenoxy) is 1. The fraction of sp³-hybridized carbons (Fsp3) is 0.538. The summed E-state index contributed by atoms with van der Waals surface area (Å²) in [5, 5.41) is 0. The van der Waals surface area contributed by atoms with E-state index in [9.17, 15) is 0 Å². The quantitative estimate of drug-likeness (QED) is 0.847. The van der Waals surface area contributed by atoms with Crippen LogP contribution in [0.3, 0.4) is 0 Å². The molecule has 1 aromatic carbocycles. The van der Waals surface area contributed by atoms with E-state index in [1.807, 2.05) is 6.92 Å². The lowest BCUT2D eigenvalue weighted by atomic mass is 10.2. The van der Waals surface area contributed by atoms with Crippen LogP contribution in [-0.2, 0) is 6.54 Å². The second-order valence-corrected chi connectivity index (χ2v) is 5.34. The highest BCUT2D eigenvalue weighted by Gasteiger charge is 2.13. The maximum Gasteiger partial charge on any atom is 0.119 e. The number of quaternary nitrogens is 1. The normalized spacial score (nSPS) is 17.3. The summed E-state index contributed by atoms with van der Waals surface area (Å²) in [7, 11) is 0. The average molecular weight is 238 g/mol. The van der Waals surface area contributed by atoms with Gasteiger partial charge in [0, 0.05) is 17.1 Å². The second kappa shape index (κ2) is 6.16. The highest BCUT2D eigenvalue weighted by Crippen LogP contribution is 2.11. The van der Waals surface area contributed by atoms with Crippen molar-refractivity contribution in [1.29, 1.82) is 0 Å². The maximum absolute atomic E-state index is 5.44. The molecule has 1 fully saturated rings. The molecule has 1 heterocycles. The van der Waals surface area contributed by atoms with Gasteiger partial charge in [0.1, 0.15) is 12.3 Å². The van der Waals surface area contributed by atoms with Gasteiger partial charge in [-0.25, -0.2) is 0 Å². The van der Waals surface area contributed by atoms with Gasteiger partial charge in [-0.15, -0.1) is 0 Å². The minimum absolute atomic E-state index is 0.744. The summed E-state index contributed by atoms with van der Waals surface area (Å²) in [5.41, 5.74) is 1.42. The highest BCUT2D eigenvalue weighted by molar-refractivity contribution is 7.99. The van der Waals surface area contributed by atoms with Crippen LogP contribution in [0.15, 0.2) is 24.3 Å². The van der Waals surface area contributed by atoms with E-state index in [0.29, 0.717) is 0 Å². The van der Waals surface area contributed by atoms with Crippen LogP contribution in [0.2, 0.25) is 0 Å². The van der Waals surface area contributed by atoms with Gasteiger partial charge in [-0.1, -0.05) is 0 Å². The molecular weight excluding hydrogens is 218 g/mol. The molecule has 0 saturated carbocycles. The van der Waals surface area contributed by atoms with Gasteiger partial charge in [-0.2, -0.15) is 11.8 Å². The van der Waals surface area contributed by atoms with E-state index in [4.69, 9.17) is 4.74 Å². The monoisotopic (exact) mass is 238 g/mol. The van der Waals surface area contributed by atoms with Gasteiger partial charge in [-0.3, -0.25) is 0 Å². The molecule has 0 unspecified atom stereocenters. The number of nitrogens with one attached hydrogen (secondary N) is 1. The first-order valence-electron chi connectivity index (χ1n) is 6.01. The van der Waals surface area contributed by atoms with E-state index in [1.165, 1.54) is 30.2 Å². The Hall–Kier alpha value is -0.670. The number of rotatable bonds is 4. The number of hydrogen-bond donors (Lipinski definition) is 1. The second-order valence-electron chi connectivity index (χ2n) is 4.12. The zero-order valence-electron chi connectivity index (χ0n) is 9.87. The van der Waals surface area contributed by atoms with Gasteiger partial charge < -0.3 is 9.64 Å². The van der Waals surface area contributed by atoms with Crippen molar-refractivity contribution in [2.24, 2.45) is 0 Å². The molecule has 2 rings (SSSR count). The van der Waals surface area contributed by atoms with Crippen molar-refractivity contribution in [3.8, 4) is 5.75 Å². The lowest BCUT2D eigenvalue weighted by Gasteiger charge is -2.23. The molecule has 3 heteroatoms. The Kier molecular flexibility index (Phi) is 4.55. The smallest absolute Gasteiger partial charge is 0.119 e. The zero-order valence-corrected chi connectivity index (χ0v) is 10.7. The third-order valence-corrected chi connectivity index (χ3v) is 3.87. The molecule has 0 spiro atoms. The van der Waals surface area contributed by atoms with Crippen LogP contribution in [0.5, 0.6) is 5.75 Å². The van der Waals surface area contributed by atoms with E-state index in [1.54, 1.807) is 4.90 Å². The van der Waals surface area contributed by atoms with E-state index in [2.05, 4.69) is 36.0 Å². The van der Waals surface area contributed by atoms with Crippen molar-refractivity contribution in [3.05, 3.63) is 29.8 Å². The summed E-state index contributed by atoms with van der Waals surface area (Å²) in [6.07, 6.45) is 0. The first-order valence-corrected chi connectivity index (χ1v) is 7.17. The summed E-state index contributed by atoms with van der Waals surface area (Å²) in [6, 6.07) is 8.55. The van der Waals surface area contributed by atoms with Gasteiger partial charge >= 0.3 is 0 Å². The van der Waals surface area contributed by atoms with Crippen LogP contribution in [0.4, 0.5) is 0 Å². The van der Waals surface area contributed by atoms with Gasteiger partial charge in [0.25, 0.3) is 0 Å². The third kappa shape index (κ3) is 3.42. The van der Waals surface area contributed by atoms with E-state index >= 15 is 0 Å². The van der Waals surface area contributed by atoms with E-state index < -0.39 is 0 Å². The SMILES string of the molecule is CCOc1ccc(C[NH+]2CCSCC2)cc1. The zero-order chi connectivity index (χ0) is 11.2. The van der Waals surface area contributed by atoms with Gasteiger partial charge in [-0.05, 0) is 31.2 Å². The largest absolute Gasteiger partial charge is 0.494 e. The Bertz CT molecular complexity index is 306. The summed E-state index contributed by atoms with van der Waals surface area (Å²) in [5.74, 6) is 3.61. The van der Waals surface area contributed by atoms with Crippen molar-refractivity contribution in [2.75, 3.05) is 31.2 Å². The van der Waals surface area contributed by atoms with Crippen LogP contribution in [0.25, 0.3) is 0 Å². The Balaban J connectivity index is 1.88. The fourth-order valence-corrected chi connectivity index (χ4v) is 3.07. The Labute approximate surface area is 102 Å². The van der Waals surface area contributed by atoms with Crippen molar-refractivity contribution in [1.82, 2.24) is 0 Å². The Morgan fingerprint density at radius 2 is 1.88 bits per heavy atom. The topological polar surface area (TPSA) is 13.7 Å². The molecule has 1 aliphatic rings. The summed E-state index contributed by atoms with van der Waals surface area (Å²) < 4.78 is 5.44. The highest BCUT2D eigenvalue weighted by atomic mass is 32.2. The summed E-state index contributed by atoms with van der Waals surface area (Å²) in [4.78, 5) is 1.71. The van der Waals surface area contributed by atoms with Crippen LogP contribution in [0.1, 0.15) is 12.5 Å². The molecule has 0 bridgehead atoms. The lowest BCUT2D eigenvalue weighted by molar-refractivity contribution is -0.910. The molecule has 0 atom stereocenters. The summed E-state index contributed by atoms with van der Waals surface area (Å²) >= 11 is 2.08. The molecule has 2 nitrogen and oxygen atoms in total. The fourth-order valence-electron chi connectivity index (χ4n) is 2.00. The molecule has 1 aromatic rings. The summed E-state index contributed by atoms with van der Waals surface area (Å²) in [6.45, 7) is 6.53. The van der Waals surface area contributed by atoms with Gasteiger partial charge in [0.05, 0.1) is 19.7 Å². The number of hydrogen-bond acceptors (Lipinski definition) is 2. The van der Waals surface area contributed by atoms with Crippen molar-refractivity contribution >= 4 is 11.8 Å². The molecule has 1 N–H and O–H groups in total. The molecule has 0 amide bonds. The minimum Gasteiger partial charge on any atom is -0.494 e. The predicted molar refractivity (Wildman–Crippen MR) is 69.3 cm³/mol. The predicted octanol–water partition coefficient (Wildman–Crippen LogP) is 1.22. The number of thioether (sulfide) groups is 1. The van der Waals surface area contributed by atoms with Crippen molar-refractivity contribution in [2.45, 2.75) is 13.5 Å². The van der Waals surface area contributed by atoms with Crippen molar-refractivity contribution < 1.29 is 9.64 Å². The molecular formula is C13H20NOS+. The first-order chi connectivity index (χ1) is 7.88. The Morgan fingerprint density at radius 1 is 1.19 bits per heavy atom. The lowest BCUT2D eigenvalue weighted by Crippen LogP contribution is -3.12. The van der Waals surface area contributed by atoms with Crippen LogP contribution in [-0.4, -0.2) is 31.2 Å². The number of benzene rings is 1. The molecule has 1 saturated heterocycles. The van der Waals surface area contributed by atoms with E-state index in [0.717, 1.165) is 18.9 Å². The molecule has 88 valence electrons. The van der Waals surface area contributed by atoms with Crippen LogP contribution < -0.4 is 9.64 Å². The van der Waals surface area contributed by atoms with Crippen LogP contribution >= 0.6 is 11.8 Å². The molecule has 0 aromatic heterocycles. The standard InChI is InChI=1S/C13H19NOS/c1-2-15-13-5-3-12(4-6-13)11-14-7-9-16-10-8-14/h3-6H,2,7-11H2,1H3/p+1. The molecule has 0 aliphatic carbocycles. The minimum atomic E-state index is 0.744. The van der Waals surface area contributed by atoms with Crippen LogP contribution in [0, 0.1) is 0 Å².